The lowest BCUT2D eigenvalue weighted by molar-refractivity contribution is -0.385. The van der Waals surface area contributed by atoms with Gasteiger partial charge in [-0.25, -0.2) is 0 Å². The van der Waals surface area contributed by atoms with Gasteiger partial charge in [0.25, 0.3) is 5.69 Å². The summed E-state index contributed by atoms with van der Waals surface area (Å²) in [6, 6.07) is 6.80. The van der Waals surface area contributed by atoms with Crippen LogP contribution in [0.4, 0.5) is 5.69 Å². The van der Waals surface area contributed by atoms with Gasteiger partial charge in [-0.2, -0.15) is 0 Å². The number of ether oxygens (including phenoxy) is 1. The number of hydrogen-bond acceptors (Lipinski definition) is 5. The van der Waals surface area contributed by atoms with Crippen molar-refractivity contribution in [3.05, 3.63) is 39.9 Å². The summed E-state index contributed by atoms with van der Waals surface area (Å²) >= 11 is 5.59. The Balaban J connectivity index is 2.32. The quantitative estimate of drug-likeness (QED) is 0.507. The van der Waals surface area contributed by atoms with Crippen LogP contribution in [-0.2, 0) is 25.4 Å². The molecule has 1 aliphatic heterocycles. The Morgan fingerprint density at radius 3 is 2.48 bits per heavy atom. The van der Waals surface area contributed by atoms with Crippen molar-refractivity contribution in [3.8, 4) is 0 Å². The monoisotopic (exact) mass is 412 g/mol. The Labute approximate surface area is 170 Å². The van der Waals surface area contributed by atoms with Gasteiger partial charge < -0.3 is 4.74 Å². The second kappa shape index (κ2) is 10.0. The zero-order valence-corrected chi connectivity index (χ0v) is 18.5. The highest BCUT2D eigenvalue weighted by molar-refractivity contribution is 8.28. The van der Waals surface area contributed by atoms with Crippen molar-refractivity contribution in [1.82, 2.24) is 5.32 Å². The van der Waals surface area contributed by atoms with Gasteiger partial charge in [0.2, 0.25) is 0 Å². The first kappa shape index (κ1) is 22.4. The smallest absolute Gasteiger partial charge is 0.274 e. The number of hydrogen-bond donors (Lipinski definition) is 1. The predicted octanol–water partition coefficient (Wildman–Crippen LogP) is 4.37. The molecule has 1 N–H and O–H groups in total. The van der Waals surface area contributed by atoms with Gasteiger partial charge in [-0.1, -0.05) is 64.0 Å². The molecule has 27 heavy (non-hydrogen) atoms. The molecular formula is C20H32N2O3S2. The SMILES string of the molecule is CCC1O[C@@H](NC(CS(=S)CC)c2ccccc2[N+](=O)[O-])C(C)[C@@H](C)[C@@H]1C. The van der Waals surface area contributed by atoms with E-state index in [9.17, 15) is 10.1 Å². The summed E-state index contributed by atoms with van der Waals surface area (Å²) in [4.78, 5) is 11.3. The Bertz CT molecular complexity index is 668. The fraction of sp³-hybridized carbons (Fsp3) is 0.700. The lowest BCUT2D eigenvalue weighted by Gasteiger charge is -2.45. The fourth-order valence-corrected chi connectivity index (χ4v) is 5.16. The van der Waals surface area contributed by atoms with Crippen molar-refractivity contribution in [2.45, 2.75) is 59.4 Å². The van der Waals surface area contributed by atoms with E-state index < -0.39 is 0 Å². The molecule has 7 heteroatoms. The zero-order valence-electron chi connectivity index (χ0n) is 16.9. The number of nitrogens with one attached hydrogen (secondary N) is 1. The molecule has 1 aromatic rings. The maximum absolute atomic E-state index is 11.6. The maximum atomic E-state index is 11.6. The zero-order chi connectivity index (χ0) is 20.1. The number of para-hydroxylation sites is 1. The molecule has 0 amide bonds. The molecule has 0 bridgehead atoms. The highest BCUT2D eigenvalue weighted by Gasteiger charge is 2.39. The summed E-state index contributed by atoms with van der Waals surface area (Å²) in [5, 5.41) is 15.2. The van der Waals surface area contributed by atoms with Crippen LogP contribution in [0.15, 0.2) is 24.3 Å². The number of benzene rings is 1. The average molecular weight is 413 g/mol. The van der Waals surface area contributed by atoms with Crippen LogP contribution < -0.4 is 5.32 Å². The molecule has 1 aromatic carbocycles. The lowest BCUT2D eigenvalue weighted by atomic mass is 9.77. The molecule has 0 spiro atoms. The molecule has 152 valence electrons. The summed E-state index contributed by atoms with van der Waals surface area (Å²) in [6.07, 6.45) is 1.04. The standard InChI is InChI=1S/C20H32N2O3S2/c1-6-19-14(4)13(3)15(5)20(25-19)21-17(12-27(26)7-2)16-10-8-9-11-18(16)22(23)24/h8-11,13-15,17,19-21H,6-7,12H2,1-5H3/t13-,14-,15?,17?,19?,20+,27?/m0/s1. The summed E-state index contributed by atoms with van der Waals surface area (Å²) < 4.78 is 6.39. The number of nitrogens with zero attached hydrogens (tertiary/aromatic N) is 1. The Morgan fingerprint density at radius 2 is 1.89 bits per heavy atom. The van der Waals surface area contributed by atoms with Crippen molar-refractivity contribution in [1.29, 1.82) is 0 Å². The highest BCUT2D eigenvalue weighted by atomic mass is 32.8. The molecule has 0 saturated carbocycles. The van der Waals surface area contributed by atoms with Crippen LogP contribution in [0, 0.1) is 27.9 Å². The molecule has 0 aliphatic carbocycles. The minimum Gasteiger partial charge on any atom is -0.360 e. The van der Waals surface area contributed by atoms with Crippen LogP contribution in [0.5, 0.6) is 0 Å². The molecule has 5 nitrogen and oxygen atoms in total. The van der Waals surface area contributed by atoms with E-state index in [1.165, 1.54) is 0 Å². The first-order chi connectivity index (χ1) is 12.8. The van der Waals surface area contributed by atoms with Gasteiger partial charge in [-0.15, -0.1) is 9.45 Å². The van der Waals surface area contributed by atoms with Gasteiger partial charge in [0, 0.05) is 17.4 Å². The molecule has 4 unspecified atom stereocenters. The summed E-state index contributed by atoms with van der Waals surface area (Å²) in [6.45, 7) is 11.0. The van der Waals surface area contributed by atoms with Crippen LogP contribution in [0.1, 0.15) is 52.6 Å². The Kier molecular flexibility index (Phi) is 8.34. The normalized spacial score (nSPS) is 30.6. The Hall–Kier alpha value is -0.890. The lowest BCUT2D eigenvalue weighted by Crippen LogP contribution is -2.52. The van der Waals surface area contributed by atoms with Crippen LogP contribution >= 0.6 is 0 Å². The minimum absolute atomic E-state index is 0.130. The fourth-order valence-electron chi connectivity index (χ4n) is 3.87. The molecule has 1 fully saturated rings. The number of nitro groups is 1. The van der Waals surface area contributed by atoms with E-state index >= 15 is 0 Å². The van der Waals surface area contributed by atoms with Gasteiger partial charge in [0.1, 0.15) is 6.23 Å². The van der Waals surface area contributed by atoms with Crippen molar-refractivity contribution in [2.75, 3.05) is 11.5 Å². The average Bonchev–Trinajstić information content (AvgIpc) is 2.67. The van der Waals surface area contributed by atoms with Crippen LogP contribution in [-0.4, -0.2) is 28.8 Å². The molecule has 1 heterocycles. The van der Waals surface area contributed by atoms with Gasteiger partial charge in [0.15, 0.2) is 0 Å². The maximum Gasteiger partial charge on any atom is 0.274 e. The second-order valence-electron chi connectivity index (χ2n) is 7.51. The molecular weight excluding hydrogens is 380 g/mol. The number of rotatable bonds is 8. The molecule has 1 aliphatic rings. The van der Waals surface area contributed by atoms with Crippen molar-refractivity contribution in [2.24, 2.45) is 17.8 Å². The van der Waals surface area contributed by atoms with Gasteiger partial charge >= 0.3 is 0 Å². The van der Waals surface area contributed by atoms with Crippen molar-refractivity contribution < 1.29 is 9.66 Å². The van der Waals surface area contributed by atoms with E-state index in [1.54, 1.807) is 12.1 Å². The van der Waals surface area contributed by atoms with Gasteiger partial charge in [0.05, 0.1) is 17.1 Å². The molecule has 2 rings (SSSR count). The van der Waals surface area contributed by atoms with E-state index in [1.807, 2.05) is 12.1 Å². The summed E-state index contributed by atoms with van der Waals surface area (Å²) in [7, 11) is -0.228. The third kappa shape index (κ3) is 5.34. The first-order valence-electron chi connectivity index (χ1n) is 9.79. The van der Waals surface area contributed by atoms with Crippen molar-refractivity contribution in [3.63, 3.8) is 0 Å². The molecule has 0 aromatic heterocycles. The van der Waals surface area contributed by atoms with Gasteiger partial charge in [-0.05, 0) is 29.9 Å². The first-order valence-corrected chi connectivity index (χ1v) is 12.3. The van der Waals surface area contributed by atoms with Crippen LogP contribution in [0.2, 0.25) is 0 Å². The third-order valence-electron chi connectivity index (χ3n) is 6.00. The van der Waals surface area contributed by atoms with E-state index in [-0.39, 0.29) is 38.4 Å². The van der Waals surface area contributed by atoms with Gasteiger partial charge in [-0.3, -0.25) is 15.4 Å². The molecule has 1 saturated heterocycles. The third-order valence-corrected chi connectivity index (χ3v) is 8.46. The van der Waals surface area contributed by atoms with Crippen LogP contribution in [0.25, 0.3) is 0 Å². The Morgan fingerprint density at radius 1 is 1.22 bits per heavy atom. The largest absolute Gasteiger partial charge is 0.360 e. The van der Waals surface area contributed by atoms with Crippen LogP contribution in [0.3, 0.4) is 0 Å². The predicted molar refractivity (Wildman–Crippen MR) is 116 cm³/mol. The summed E-state index contributed by atoms with van der Waals surface area (Å²) in [5.74, 6) is 2.92. The topological polar surface area (TPSA) is 64.4 Å². The number of nitro benzene ring substituents is 1. The molecule has 0 radical (unpaired) electrons. The van der Waals surface area contributed by atoms with E-state index in [4.69, 9.17) is 15.9 Å². The highest BCUT2D eigenvalue weighted by Crippen LogP contribution is 2.37. The second-order valence-corrected chi connectivity index (χ2v) is 10.7. The van der Waals surface area contributed by atoms with E-state index in [0.717, 1.165) is 12.2 Å². The minimum atomic E-state index is -0.303. The van der Waals surface area contributed by atoms with E-state index in [2.05, 4.69) is 39.9 Å². The molecule has 7 atom stereocenters. The van der Waals surface area contributed by atoms with Crippen molar-refractivity contribution >= 4 is 26.3 Å². The van der Waals surface area contributed by atoms with E-state index in [0.29, 0.717) is 29.1 Å². The summed E-state index contributed by atoms with van der Waals surface area (Å²) in [5.41, 5.74) is 0.850.